The second-order valence-electron chi connectivity index (χ2n) is 5.12. The van der Waals surface area contributed by atoms with Crippen LogP contribution in [0.5, 0.6) is 0 Å². The van der Waals surface area contributed by atoms with Crippen LogP contribution in [0.4, 0.5) is 0 Å². The summed E-state index contributed by atoms with van der Waals surface area (Å²) in [5.74, 6) is 0.710. The van der Waals surface area contributed by atoms with E-state index in [0.29, 0.717) is 11.8 Å². The molecule has 0 amide bonds. The Morgan fingerprint density at radius 3 is 2.60 bits per heavy atom. The van der Waals surface area contributed by atoms with Gasteiger partial charge in [0.1, 0.15) is 0 Å². The van der Waals surface area contributed by atoms with Crippen LogP contribution < -0.4 is 0 Å². The Morgan fingerprint density at radius 2 is 2.05 bits per heavy atom. The molecule has 2 aromatic rings. The minimum Gasteiger partial charge on any atom is -0.299 e. The van der Waals surface area contributed by atoms with E-state index in [-0.39, 0.29) is 0 Å². The summed E-state index contributed by atoms with van der Waals surface area (Å²) in [5, 5.41) is 4.21. The van der Waals surface area contributed by atoms with Crippen LogP contribution in [0.2, 0.25) is 0 Å². The van der Waals surface area contributed by atoms with Crippen LogP contribution in [0.1, 0.15) is 12.5 Å². The van der Waals surface area contributed by atoms with E-state index in [2.05, 4.69) is 48.2 Å². The molecule has 1 aromatic carbocycles. The summed E-state index contributed by atoms with van der Waals surface area (Å²) in [4.78, 5) is 2.23. The average molecular weight is 291 g/mol. The maximum atomic E-state index is 11.3. The van der Waals surface area contributed by atoms with E-state index in [0.717, 1.165) is 12.2 Å². The molecule has 0 aliphatic rings. The smallest absolute Gasteiger partial charge is 0.0645 e. The lowest BCUT2D eigenvalue weighted by atomic mass is 10.2. The summed E-state index contributed by atoms with van der Waals surface area (Å²) >= 11 is 0. The first-order valence-electron chi connectivity index (χ1n) is 6.65. The molecule has 2 rings (SSSR count). The molecule has 108 valence electrons. The van der Waals surface area contributed by atoms with Gasteiger partial charge in [-0.25, -0.2) is 4.68 Å². The molecule has 0 spiro atoms. The van der Waals surface area contributed by atoms with Crippen molar-refractivity contribution in [3.8, 4) is 5.69 Å². The van der Waals surface area contributed by atoms with Crippen LogP contribution in [-0.4, -0.2) is 44.0 Å². The van der Waals surface area contributed by atoms with Crippen LogP contribution in [0, 0.1) is 0 Å². The quantitative estimate of drug-likeness (QED) is 0.818. The van der Waals surface area contributed by atoms with E-state index >= 15 is 0 Å². The molecule has 0 radical (unpaired) electrons. The molecule has 4 nitrogen and oxygen atoms in total. The largest absolute Gasteiger partial charge is 0.299 e. The zero-order chi connectivity index (χ0) is 14.5. The lowest BCUT2D eigenvalue weighted by Crippen LogP contribution is -2.32. The number of nitrogens with zero attached hydrogens (tertiary/aromatic N) is 3. The van der Waals surface area contributed by atoms with Gasteiger partial charge in [-0.15, -0.1) is 0 Å². The van der Waals surface area contributed by atoms with E-state index in [1.807, 2.05) is 16.9 Å². The van der Waals surface area contributed by atoms with Crippen LogP contribution >= 0.6 is 0 Å². The second kappa shape index (κ2) is 6.81. The summed E-state index contributed by atoms with van der Waals surface area (Å²) < 4.78 is 13.1. The lowest BCUT2D eigenvalue weighted by molar-refractivity contribution is 0.268. The molecule has 0 fully saturated rings. The predicted octanol–water partition coefficient (Wildman–Crippen LogP) is 2.07. The predicted molar refractivity (Wildman–Crippen MR) is 83.4 cm³/mol. The molecule has 0 aliphatic heterocycles. The first-order chi connectivity index (χ1) is 9.56. The first-order valence-corrected chi connectivity index (χ1v) is 8.38. The van der Waals surface area contributed by atoms with Gasteiger partial charge in [-0.1, -0.05) is 12.1 Å². The third-order valence-corrected chi connectivity index (χ3v) is 4.32. The zero-order valence-corrected chi connectivity index (χ0v) is 13.0. The van der Waals surface area contributed by atoms with Crippen LogP contribution in [0.15, 0.2) is 42.7 Å². The van der Waals surface area contributed by atoms with Gasteiger partial charge in [0, 0.05) is 47.8 Å². The molecule has 0 aliphatic carbocycles. The van der Waals surface area contributed by atoms with Gasteiger partial charge in [0.05, 0.1) is 5.69 Å². The zero-order valence-electron chi connectivity index (χ0n) is 12.2. The number of hydrogen-bond donors (Lipinski definition) is 0. The monoisotopic (exact) mass is 291 g/mol. The van der Waals surface area contributed by atoms with Crippen molar-refractivity contribution in [2.75, 3.05) is 19.1 Å². The summed E-state index contributed by atoms with van der Waals surface area (Å²) in [6.07, 6.45) is 5.46. The third-order valence-electron chi connectivity index (χ3n) is 3.37. The Hall–Kier alpha value is -1.46. The van der Waals surface area contributed by atoms with Crippen molar-refractivity contribution >= 4 is 10.8 Å². The van der Waals surface area contributed by atoms with Crippen LogP contribution in [0.3, 0.4) is 0 Å². The Labute approximate surface area is 122 Å². The van der Waals surface area contributed by atoms with E-state index in [9.17, 15) is 4.21 Å². The van der Waals surface area contributed by atoms with Crippen molar-refractivity contribution in [3.63, 3.8) is 0 Å². The van der Waals surface area contributed by atoms with Crippen LogP contribution in [-0.2, 0) is 17.3 Å². The Morgan fingerprint density at radius 1 is 1.35 bits per heavy atom. The highest BCUT2D eigenvalue weighted by Crippen LogP contribution is 2.11. The van der Waals surface area contributed by atoms with E-state index in [1.54, 1.807) is 12.5 Å². The molecule has 1 aromatic heterocycles. The molecular weight excluding hydrogens is 270 g/mol. The van der Waals surface area contributed by atoms with E-state index < -0.39 is 10.8 Å². The van der Waals surface area contributed by atoms with Crippen molar-refractivity contribution in [1.29, 1.82) is 0 Å². The van der Waals surface area contributed by atoms with Crippen molar-refractivity contribution < 1.29 is 4.21 Å². The summed E-state index contributed by atoms with van der Waals surface area (Å²) in [6, 6.07) is 10.6. The van der Waals surface area contributed by atoms with Gasteiger partial charge < -0.3 is 0 Å². The lowest BCUT2D eigenvalue weighted by Gasteiger charge is -2.24. The fourth-order valence-electron chi connectivity index (χ4n) is 2.09. The summed E-state index contributed by atoms with van der Waals surface area (Å²) in [7, 11) is 1.32. The van der Waals surface area contributed by atoms with Gasteiger partial charge in [0.2, 0.25) is 0 Å². The molecule has 20 heavy (non-hydrogen) atoms. The molecule has 1 heterocycles. The van der Waals surface area contributed by atoms with Gasteiger partial charge in [0.15, 0.2) is 0 Å². The van der Waals surface area contributed by atoms with Crippen molar-refractivity contribution in [2.24, 2.45) is 0 Å². The van der Waals surface area contributed by atoms with Gasteiger partial charge in [0.25, 0.3) is 0 Å². The van der Waals surface area contributed by atoms with Crippen molar-refractivity contribution in [1.82, 2.24) is 14.7 Å². The molecule has 0 unspecified atom stereocenters. The molecule has 5 heteroatoms. The number of benzene rings is 1. The van der Waals surface area contributed by atoms with Gasteiger partial charge in [-0.2, -0.15) is 5.10 Å². The minimum atomic E-state index is -0.751. The molecule has 2 atom stereocenters. The number of rotatable bonds is 6. The summed E-state index contributed by atoms with van der Waals surface area (Å²) in [6.45, 7) is 2.97. The standard InChI is InChI=1S/C15H21N3OS/c1-13(12-20(3)19)17(2)11-14-5-7-15(8-6-14)18-10-4-9-16-18/h4-10,13H,11-12H2,1-3H3/t13-,20-/m1/s1. The second-order valence-corrected chi connectivity index (χ2v) is 6.60. The fourth-order valence-corrected chi connectivity index (χ4v) is 3.02. The first kappa shape index (κ1) is 14.9. The van der Waals surface area contributed by atoms with Gasteiger partial charge in [-0.3, -0.25) is 9.11 Å². The Bertz CT molecular complexity index is 551. The highest BCUT2D eigenvalue weighted by atomic mass is 32.2. The highest BCUT2D eigenvalue weighted by molar-refractivity contribution is 7.84. The van der Waals surface area contributed by atoms with Crippen LogP contribution in [0.25, 0.3) is 5.69 Å². The topological polar surface area (TPSA) is 38.1 Å². The SMILES string of the molecule is C[C@H](C[S@@](C)=O)N(C)Cc1ccc(-n2cccn2)cc1. The number of hydrogen-bond acceptors (Lipinski definition) is 3. The maximum Gasteiger partial charge on any atom is 0.0645 e. The molecule has 0 saturated carbocycles. The Kier molecular flexibility index (Phi) is 5.09. The van der Waals surface area contributed by atoms with Crippen molar-refractivity contribution in [2.45, 2.75) is 19.5 Å². The molecule has 0 bridgehead atoms. The van der Waals surface area contributed by atoms with Crippen molar-refractivity contribution in [3.05, 3.63) is 48.3 Å². The molecular formula is C15H21N3OS. The Balaban J connectivity index is 1.98. The maximum absolute atomic E-state index is 11.3. The normalized spacial score (nSPS) is 14.4. The average Bonchev–Trinajstić information content (AvgIpc) is 2.92. The number of aromatic nitrogens is 2. The fraction of sp³-hybridized carbons (Fsp3) is 0.400. The third kappa shape index (κ3) is 4.02. The molecule has 0 saturated heterocycles. The minimum absolute atomic E-state index is 0.312. The van der Waals surface area contributed by atoms with E-state index in [1.165, 1.54) is 5.56 Å². The highest BCUT2D eigenvalue weighted by Gasteiger charge is 2.11. The molecule has 0 N–H and O–H groups in total. The van der Waals surface area contributed by atoms with Gasteiger partial charge >= 0.3 is 0 Å². The van der Waals surface area contributed by atoms with Gasteiger partial charge in [-0.05, 0) is 37.7 Å². The van der Waals surface area contributed by atoms with E-state index in [4.69, 9.17) is 0 Å². The summed E-state index contributed by atoms with van der Waals surface area (Å²) in [5.41, 5.74) is 2.31.